The normalized spacial score (nSPS) is 20.1. The van der Waals surface area contributed by atoms with Gasteiger partial charge in [-0.2, -0.15) is 0 Å². The summed E-state index contributed by atoms with van der Waals surface area (Å²) in [4.78, 5) is 2.54. The van der Waals surface area contributed by atoms with Gasteiger partial charge < -0.3 is 16.0 Å². The number of hydrogen-bond acceptors (Lipinski definition) is 5. The molecule has 1 aliphatic heterocycles. The summed E-state index contributed by atoms with van der Waals surface area (Å²) >= 11 is 0. The van der Waals surface area contributed by atoms with Crippen LogP contribution in [0.15, 0.2) is 23.1 Å². The Morgan fingerprint density at radius 3 is 2.67 bits per heavy atom. The van der Waals surface area contributed by atoms with Crippen molar-refractivity contribution in [3.05, 3.63) is 18.2 Å². The highest BCUT2D eigenvalue weighted by molar-refractivity contribution is 7.89. The first-order valence-electron chi connectivity index (χ1n) is 7.08. The SMILES string of the molecule is CN1CCCC1CNc1ccc(S(=O)(=O)N(C)C)cc1N. The fourth-order valence-corrected chi connectivity index (χ4v) is 3.48. The maximum absolute atomic E-state index is 12.0. The first-order chi connectivity index (χ1) is 9.82. The Morgan fingerprint density at radius 1 is 1.43 bits per heavy atom. The predicted octanol–water partition coefficient (Wildman–Crippen LogP) is 1.03. The van der Waals surface area contributed by atoms with Crippen LogP contribution < -0.4 is 11.1 Å². The summed E-state index contributed by atoms with van der Waals surface area (Å²) in [5.74, 6) is 0. The number of sulfonamides is 1. The standard InChI is InChI=1S/C14H24N4O2S/c1-17(2)21(19,20)12-6-7-14(13(15)9-12)16-10-11-5-4-8-18(11)3/h6-7,9,11,16H,4-5,8,10,15H2,1-3H3. The van der Waals surface area contributed by atoms with Gasteiger partial charge in [0.2, 0.25) is 10.0 Å². The van der Waals surface area contributed by atoms with Crippen LogP contribution in [0.25, 0.3) is 0 Å². The molecule has 1 aromatic carbocycles. The zero-order valence-corrected chi connectivity index (χ0v) is 13.7. The van der Waals surface area contributed by atoms with E-state index in [4.69, 9.17) is 5.73 Å². The third-order valence-corrected chi connectivity index (χ3v) is 5.81. The van der Waals surface area contributed by atoms with Crippen LogP contribution in [-0.4, -0.2) is 57.9 Å². The molecule has 2 rings (SSSR count). The maximum Gasteiger partial charge on any atom is 0.242 e. The largest absolute Gasteiger partial charge is 0.397 e. The molecule has 118 valence electrons. The summed E-state index contributed by atoms with van der Waals surface area (Å²) in [7, 11) is 1.70. The van der Waals surface area contributed by atoms with Gasteiger partial charge in [-0.1, -0.05) is 0 Å². The number of benzene rings is 1. The highest BCUT2D eigenvalue weighted by Crippen LogP contribution is 2.25. The van der Waals surface area contributed by atoms with Crippen LogP contribution >= 0.6 is 0 Å². The van der Waals surface area contributed by atoms with Crippen LogP contribution in [0.1, 0.15) is 12.8 Å². The van der Waals surface area contributed by atoms with Gasteiger partial charge in [0, 0.05) is 26.7 Å². The van der Waals surface area contributed by atoms with Crippen molar-refractivity contribution in [2.45, 2.75) is 23.8 Å². The maximum atomic E-state index is 12.0. The van der Waals surface area contributed by atoms with Gasteiger partial charge in [-0.05, 0) is 44.6 Å². The number of nitrogens with zero attached hydrogens (tertiary/aromatic N) is 2. The number of nitrogens with one attached hydrogen (secondary N) is 1. The Morgan fingerprint density at radius 2 is 2.14 bits per heavy atom. The van der Waals surface area contributed by atoms with E-state index in [-0.39, 0.29) is 4.90 Å². The quantitative estimate of drug-likeness (QED) is 0.794. The van der Waals surface area contributed by atoms with Crippen molar-refractivity contribution in [1.82, 2.24) is 9.21 Å². The number of hydrogen-bond donors (Lipinski definition) is 2. The van der Waals surface area contributed by atoms with Gasteiger partial charge in [0.1, 0.15) is 0 Å². The topological polar surface area (TPSA) is 78.7 Å². The second kappa shape index (κ2) is 6.21. The molecular formula is C14H24N4O2S. The molecule has 0 radical (unpaired) electrons. The van der Waals surface area contributed by atoms with Gasteiger partial charge in [-0.15, -0.1) is 0 Å². The number of nitrogens with two attached hydrogens (primary N) is 1. The average molecular weight is 312 g/mol. The highest BCUT2D eigenvalue weighted by atomic mass is 32.2. The summed E-state index contributed by atoms with van der Waals surface area (Å²) < 4.78 is 25.3. The predicted molar refractivity (Wildman–Crippen MR) is 85.9 cm³/mol. The van der Waals surface area contributed by atoms with Crippen molar-refractivity contribution < 1.29 is 8.42 Å². The minimum Gasteiger partial charge on any atom is -0.397 e. The van der Waals surface area contributed by atoms with Crippen LogP contribution in [0, 0.1) is 0 Å². The lowest BCUT2D eigenvalue weighted by Crippen LogP contribution is -2.31. The molecule has 0 saturated carbocycles. The molecule has 1 aromatic rings. The number of rotatable bonds is 5. The Labute approximate surface area is 127 Å². The Balaban J connectivity index is 2.09. The fourth-order valence-electron chi connectivity index (χ4n) is 2.54. The molecule has 7 heteroatoms. The van der Waals surface area contributed by atoms with Crippen molar-refractivity contribution in [3.8, 4) is 0 Å². The van der Waals surface area contributed by atoms with E-state index in [0.717, 1.165) is 18.8 Å². The molecule has 21 heavy (non-hydrogen) atoms. The molecule has 0 spiro atoms. The van der Waals surface area contributed by atoms with Gasteiger partial charge in [0.25, 0.3) is 0 Å². The summed E-state index contributed by atoms with van der Waals surface area (Å²) in [6, 6.07) is 5.35. The van der Waals surface area contributed by atoms with Crippen molar-refractivity contribution in [2.24, 2.45) is 0 Å². The molecule has 1 aliphatic rings. The highest BCUT2D eigenvalue weighted by Gasteiger charge is 2.21. The van der Waals surface area contributed by atoms with E-state index in [1.54, 1.807) is 12.1 Å². The molecule has 1 heterocycles. The van der Waals surface area contributed by atoms with E-state index in [9.17, 15) is 8.42 Å². The van der Waals surface area contributed by atoms with Crippen LogP contribution in [-0.2, 0) is 10.0 Å². The molecular weight excluding hydrogens is 288 g/mol. The lowest BCUT2D eigenvalue weighted by molar-refractivity contribution is 0.322. The van der Waals surface area contributed by atoms with Crippen molar-refractivity contribution in [2.75, 3.05) is 45.3 Å². The van der Waals surface area contributed by atoms with Gasteiger partial charge in [0.15, 0.2) is 0 Å². The molecule has 6 nitrogen and oxygen atoms in total. The average Bonchev–Trinajstić information content (AvgIpc) is 2.82. The van der Waals surface area contributed by atoms with E-state index < -0.39 is 10.0 Å². The van der Waals surface area contributed by atoms with E-state index in [2.05, 4.69) is 17.3 Å². The molecule has 0 aromatic heterocycles. The van der Waals surface area contributed by atoms with Crippen molar-refractivity contribution in [3.63, 3.8) is 0 Å². The zero-order chi connectivity index (χ0) is 15.6. The van der Waals surface area contributed by atoms with E-state index in [0.29, 0.717) is 11.7 Å². The summed E-state index contributed by atoms with van der Waals surface area (Å²) in [5, 5.41) is 3.32. The molecule has 3 N–H and O–H groups in total. The monoisotopic (exact) mass is 312 g/mol. The third kappa shape index (κ3) is 3.48. The molecule has 1 saturated heterocycles. The molecule has 0 amide bonds. The number of likely N-dealkylation sites (tertiary alicyclic amines) is 1. The van der Waals surface area contributed by atoms with Crippen LogP contribution in [0.2, 0.25) is 0 Å². The second-order valence-electron chi connectivity index (χ2n) is 5.69. The Kier molecular flexibility index (Phi) is 4.75. The van der Waals surface area contributed by atoms with Gasteiger partial charge in [-0.25, -0.2) is 12.7 Å². The fraction of sp³-hybridized carbons (Fsp3) is 0.571. The van der Waals surface area contributed by atoms with Crippen molar-refractivity contribution in [1.29, 1.82) is 0 Å². The second-order valence-corrected chi connectivity index (χ2v) is 7.85. The lowest BCUT2D eigenvalue weighted by Gasteiger charge is -2.21. The summed E-state index contributed by atoms with van der Waals surface area (Å²) in [6.45, 7) is 1.95. The van der Waals surface area contributed by atoms with Crippen LogP contribution in [0.5, 0.6) is 0 Å². The molecule has 1 fully saturated rings. The summed E-state index contributed by atoms with van der Waals surface area (Å²) in [6.07, 6.45) is 2.40. The van der Waals surface area contributed by atoms with Gasteiger partial charge >= 0.3 is 0 Å². The minimum absolute atomic E-state index is 0.216. The molecule has 0 aliphatic carbocycles. The molecule has 1 unspecified atom stereocenters. The van der Waals surface area contributed by atoms with Crippen LogP contribution in [0.4, 0.5) is 11.4 Å². The number of nitrogen functional groups attached to an aromatic ring is 1. The lowest BCUT2D eigenvalue weighted by atomic mass is 10.2. The zero-order valence-electron chi connectivity index (χ0n) is 12.8. The van der Waals surface area contributed by atoms with E-state index >= 15 is 0 Å². The first-order valence-corrected chi connectivity index (χ1v) is 8.52. The van der Waals surface area contributed by atoms with Gasteiger partial charge in [-0.3, -0.25) is 0 Å². The van der Waals surface area contributed by atoms with Crippen LogP contribution in [0.3, 0.4) is 0 Å². The molecule has 1 atom stereocenters. The van der Waals surface area contributed by atoms with E-state index in [1.165, 1.54) is 37.3 Å². The van der Waals surface area contributed by atoms with Gasteiger partial charge in [0.05, 0.1) is 16.3 Å². The minimum atomic E-state index is -3.44. The molecule has 0 bridgehead atoms. The third-order valence-electron chi connectivity index (χ3n) is 4.00. The Bertz CT molecular complexity index is 601. The first kappa shape index (κ1) is 16.1. The number of anilines is 2. The Hall–Kier alpha value is -1.31. The van der Waals surface area contributed by atoms with Crippen molar-refractivity contribution >= 4 is 21.4 Å². The number of likely N-dealkylation sites (N-methyl/N-ethyl adjacent to an activating group) is 1. The smallest absolute Gasteiger partial charge is 0.242 e. The van der Waals surface area contributed by atoms with E-state index in [1.807, 2.05) is 0 Å². The summed E-state index contributed by atoms with van der Waals surface area (Å²) in [5.41, 5.74) is 7.22.